The molecule has 4 rings (SSSR count). The summed E-state index contributed by atoms with van der Waals surface area (Å²) in [5.74, 6) is -1.25. The first-order valence-electron chi connectivity index (χ1n) is 13.2. The minimum absolute atomic E-state index is 0.203. The summed E-state index contributed by atoms with van der Waals surface area (Å²) in [7, 11) is -2.55. The second-order valence-electron chi connectivity index (χ2n) is 11.0. The Morgan fingerprint density at radius 1 is 1.08 bits per heavy atom. The third-order valence-corrected chi connectivity index (χ3v) is 9.94. The number of rotatable bonds is 11. The van der Waals surface area contributed by atoms with Crippen LogP contribution in [0.4, 0.5) is 0 Å². The predicted molar refractivity (Wildman–Crippen MR) is 150 cm³/mol. The molecular weight excluding hydrogens is 545 g/mol. The Kier molecular flexibility index (Phi) is 9.11. The largest absolute Gasteiger partial charge is 0.481 e. The molecule has 5 atom stereocenters. The van der Waals surface area contributed by atoms with E-state index < -0.39 is 22.1 Å². The predicted octanol–water partition coefficient (Wildman–Crippen LogP) is 6.48. The molecule has 1 heterocycles. The Labute approximate surface area is 236 Å². The first-order valence-corrected chi connectivity index (χ1v) is 15.2. The number of amides is 1. The molecule has 2 aromatic rings. The Balaban J connectivity index is 1.82. The highest BCUT2D eigenvalue weighted by Crippen LogP contribution is 2.52. The van der Waals surface area contributed by atoms with Gasteiger partial charge in [-0.2, -0.15) is 0 Å². The molecule has 0 bridgehead atoms. The van der Waals surface area contributed by atoms with Crippen LogP contribution in [0.1, 0.15) is 81.9 Å². The number of nitrogens with zero attached hydrogens (tertiary/aromatic N) is 1. The molecule has 2 fully saturated rings. The van der Waals surface area contributed by atoms with E-state index in [2.05, 4.69) is 0 Å². The van der Waals surface area contributed by atoms with Gasteiger partial charge in [0.1, 0.15) is 10.7 Å². The monoisotopic (exact) mass is 579 g/mol. The number of carbonyl (C=O) groups is 2. The maximum atomic E-state index is 14.3. The number of hydrogen-bond donors (Lipinski definition) is 2. The fourth-order valence-corrected chi connectivity index (χ4v) is 7.51. The topological polar surface area (TPSA) is 91.8 Å². The summed E-state index contributed by atoms with van der Waals surface area (Å²) in [4.78, 5) is 28.1. The van der Waals surface area contributed by atoms with Crippen LogP contribution < -0.4 is 0 Å². The number of carboxylic acids is 1. The van der Waals surface area contributed by atoms with E-state index in [-0.39, 0.29) is 41.5 Å². The summed E-state index contributed by atoms with van der Waals surface area (Å²) in [6.45, 7) is 3.73. The van der Waals surface area contributed by atoms with Gasteiger partial charge in [-0.15, -0.1) is 0 Å². The zero-order valence-corrected chi connectivity index (χ0v) is 24.1. The maximum Gasteiger partial charge on any atom is 0.304 e. The van der Waals surface area contributed by atoms with E-state index in [0.717, 1.165) is 24.0 Å². The number of carbonyl (C=O) groups excluding carboxylic acids is 1. The third kappa shape index (κ3) is 6.37. The van der Waals surface area contributed by atoms with Gasteiger partial charge >= 0.3 is 5.97 Å². The van der Waals surface area contributed by atoms with Crippen molar-refractivity contribution >= 4 is 45.8 Å². The number of carboxylic acid groups (broad SMARTS) is 1. The van der Waals surface area contributed by atoms with Crippen molar-refractivity contribution < 1.29 is 23.1 Å². The molecule has 0 spiro atoms. The Morgan fingerprint density at radius 3 is 2.32 bits per heavy atom. The quantitative estimate of drug-likeness (QED) is 0.297. The van der Waals surface area contributed by atoms with Crippen LogP contribution in [0.3, 0.4) is 0 Å². The normalized spacial score (nSPS) is 25.4. The molecule has 38 heavy (non-hydrogen) atoms. The first kappa shape index (κ1) is 28.9. The van der Waals surface area contributed by atoms with Crippen molar-refractivity contribution in [3.8, 4) is 0 Å². The van der Waals surface area contributed by atoms with Crippen molar-refractivity contribution in [2.75, 3.05) is 0 Å². The molecule has 1 N–H and O–H groups in total. The van der Waals surface area contributed by atoms with Crippen LogP contribution >= 0.6 is 23.2 Å². The van der Waals surface area contributed by atoms with Crippen molar-refractivity contribution in [1.29, 1.82) is 0 Å². The fourth-order valence-electron chi connectivity index (χ4n) is 6.18. The van der Waals surface area contributed by atoms with Crippen molar-refractivity contribution in [1.82, 2.24) is 4.90 Å². The zero-order chi connectivity index (χ0) is 27.6. The first-order chi connectivity index (χ1) is 18.0. The Bertz CT molecular complexity index is 1240. The molecule has 0 aromatic heterocycles. The van der Waals surface area contributed by atoms with Gasteiger partial charge in [0.2, 0.25) is 5.91 Å². The lowest BCUT2D eigenvalue weighted by Crippen LogP contribution is -2.56. The number of piperidine rings is 1. The van der Waals surface area contributed by atoms with Gasteiger partial charge < -0.3 is 10.0 Å². The number of thiol groups is 1. The number of hydrogen-bond acceptors (Lipinski definition) is 4. The maximum absolute atomic E-state index is 14.3. The van der Waals surface area contributed by atoms with Gasteiger partial charge in [0.15, 0.2) is 0 Å². The van der Waals surface area contributed by atoms with Crippen LogP contribution in [0.2, 0.25) is 10.0 Å². The molecule has 1 saturated heterocycles. The number of benzene rings is 2. The highest BCUT2D eigenvalue weighted by atomic mass is 35.5. The van der Waals surface area contributed by atoms with Gasteiger partial charge in [0.25, 0.3) is 0 Å². The molecule has 206 valence electrons. The van der Waals surface area contributed by atoms with E-state index in [1.807, 2.05) is 42.2 Å². The molecule has 9 heteroatoms. The summed E-state index contributed by atoms with van der Waals surface area (Å²) in [6, 6.07) is 14.3. The average molecular weight is 581 g/mol. The number of halogens is 2. The lowest BCUT2D eigenvalue weighted by atomic mass is 9.67. The molecule has 1 aliphatic heterocycles. The molecule has 1 aliphatic carbocycles. The molecule has 1 amide bonds. The van der Waals surface area contributed by atoms with Crippen LogP contribution in [0, 0.1) is 11.3 Å². The summed E-state index contributed by atoms with van der Waals surface area (Å²) in [5, 5.41) is 10.5. The van der Waals surface area contributed by atoms with E-state index in [4.69, 9.17) is 23.2 Å². The van der Waals surface area contributed by atoms with Gasteiger partial charge in [0.05, 0.1) is 23.1 Å². The molecule has 0 radical (unpaired) electrons. The average Bonchev–Trinajstić information content (AvgIpc) is 3.69. The Morgan fingerprint density at radius 2 is 1.76 bits per heavy atom. The zero-order valence-electron chi connectivity index (χ0n) is 21.7. The van der Waals surface area contributed by atoms with E-state index in [9.17, 15) is 23.1 Å². The van der Waals surface area contributed by atoms with Gasteiger partial charge in [-0.1, -0.05) is 61.3 Å². The summed E-state index contributed by atoms with van der Waals surface area (Å²) >= 11 is 12.6. The van der Waals surface area contributed by atoms with E-state index in [1.165, 1.54) is 0 Å². The van der Waals surface area contributed by atoms with Gasteiger partial charge in [-0.25, -0.2) is 8.42 Å². The standard InChI is InChI=1S/C29H35Cl2NO5S/c1-3-23(13-14-25(38(36)37)18-7-8-18)32-27(19-9-11-21(30)12-10-19)24(20-5-4-6-22(31)15-20)16-29(2,28(32)35)17-26(33)34/h4-6,9-12,15,18,23-25,27,38H,3,7-8,13-14,16-17H2,1-2H3,(H,33,34). The summed E-state index contributed by atoms with van der Waals surface area (Å²) in [6.07, 6.45) is 3.53. The summed E-state index contributed by atoms with van der Waals surface area (Å²) in [5.41, 5.74) is 0.700. The van der Waals surface area contributed by atoms with Crippen molar-refractivity contribution in [2.24, 2.45) is 11.3 Å². The second-order valence-corrected chi connectivity index (χ2v) is 13.1. The molecular formula is C29H35Cl2NO5S. The number of likely N-dealkylation sites (tertiary alicyclic amines) is 1. The molecule has 6 nitrogen and oxygen atoms in total. The fraction of sp³-hybridized carbons (Fsp3) is 0.517. The van der Waals surface area contributed by atoms with E-state index >= 15 is 0 Å². The van der Waals surface area contributed by atoms with Gasteiger partial charge in [-0.05, 0) is 79.8 Å². The van der Waals surface area contributed by atoms with Crippen LogP contribution in [0.5, 0.6) is 0 Å². The third-order valence-electron chi connectivity index (χ3n) is 8.23. The minimum Gasteiger partial charge on any atom is -0.481 e. The smallest absolute Gasteiger partial charge is 0.304 e. The van der Waals surface area contributed by atoms with Gasteiger partial charge in [0, 0.05) is 22.0 Å². The highest BCUT2D eigenvalue weighted by molar-refractivity contribution is 7.73. The molecule has 2 aromatic carbocycles. The summed E-state index contributed by atoms with van der Waals surface area (Å²) < 4.78 is 24.0. The lowest BCUT2D eigenvalue weighted by Gasteiger charge is -2.52. The minimum atomic E-state index is -2.55. The van der Waals surface area contributed by atoms with Gasteiger partial charge in [-0.3, -0.25) is 9.59 Å². The van der Waals surface area contributed by atoms with Crippen molar-refractivity contribution in [2.45, 2.75) is 82.0 Å². The van der Waals surface area contributed by atoms with Crippen LogP contribution in [-0.4, -0.2) is 41.6 Å². The van der Waals surface area contributed by atoms with E-state index in [1.54, 1.807) is 25.1 Å². The molecule has 5 unspecified atom stereocenters. The molecule has 2 aliphatic rings. The highest BCUT2D eigenvalue weighted by Gasteiger charge is 2.52. The molecule has 1 saturated carbocycles. The SMILES string of the molecule is CCC(CCC(C1CC1)[SH](=O)=O)N1C(=O)C(C)(CC(=O)O)CC(c2cccc(Cl)c2)C1c1ccc(Cl)cc1. The van der Waals surface area contributed by atoms with E-state index in [0.29, 0.717) is 35.7 Å². The number of aliphatic carboxylic acids is 1. The van der Waals surface area contributed by atoms with Crippen molar-refractivity contribution in [3.05, 3.63) is 69.7 Å². The lowest BCUT2D eigenvalue weighted by molar-refractivity contribution is -0.160. The Hall–Kier alpha value is -2.09. The van der Waals surface area contributed by atoms with Crippen molar-refractivity contribution in [3.63, 3.8) is 0 Å². The van der Waals surface area contributed by atoms with Crippen LogP contribution in [0.15, 0.2) is 48.5 Å². The van der Waals surface area contributed by atoms with Crippen LogP contribution in [-0.2, 0) is 20.3 Å². The second kappa shape index (κ2) is 12.0. The van der Waals surface area contributed by atoms with Crippen LogP contribution in [0.25, 0.3) is 0 Å².